The molecule has 0 unspecified atom stereocenters. The van der Waals surface area contributed by atoms with Gasteiger partial charge in [0.05, 0.1) is 11.2 Å². The van der Waals surface area contributed by atoms with Crippen LogP contribution < -0.4 is 5.46 Å². The highest BCUT2D eigenvalue weighted by Gasteiger charge is 2.51. The lowest BCUT2D eigenvalue weighted by molar-refractivity contribution is 0.00578. The Bertz CT molecular complexity index is 562. The van der Waals surface area contributed by atoms with E-state index in [9.17, 15) is 0 Å². The summed E-state index contributed by atoms with van der Waals surface area (Å²) in [6.45, 7) is 18.6. The molecular formula is C20H33BN2O2. The van der Waals surface area contributed by atoms with Gasteiger partial charge in [0.1, 0.15) is 0 Å². The molecule has 0 atom stereocenters. The van der Waals surface area contributed by atoms with E-state index in [1.165, 1.54) is 18.7 Å². The van der Waals surface area contributed by atoms with Crippen LogP contribution in [0.1, 0.15) is 47.1 Å². The first kappa shape index (κ1) is 18.9. The van der Waals surface area contributed by atoms with Gasteiger partial charge < -0.3 is 9.31 Å². The van der Waals surface area contributed by atoms with Crippen molar-refractivity contribution in [1.82, 2.24) is 9.80 Å². The van der Waals surface area contributed by atoms with Crippen molar-refractivity contribution in [3.05, 3.63) is 29.8 Å². The van der Waals surface area contributed by atoms with Crippen molar-refractivity contribution in [2.24, 2.45) is 0 Å². The Morgan fingerprint density at radius 2 is 1.44 bits per heavy atom. The normalized spacial score (nSPS) is 24.2. The molecule has 0 bridgehead atoms. The van der Waals surface area contributed by atoms with E-state index >= 15 is 0 Å². The molecule has 1 aromatic carbocycles. The van der Waals surface area contributed by atoms with Gasteiger partial charge in [0.2, 0.25) is 0 Å². The third-order valence-corrected chi connectivity index (χ3v) is 6.05. The molecule has 1 aromatic rings. The SMILES string of the molecule is CC(C)N1CCN(Cc2ccc(B3OC(C)(C)C(C)(C)O3)cc2)CC1. The Hall–Kier alpha value is -0.875. The molecule has 2 aliphatic rings. The number of nitrogens with zero attached hydrogens (tertiary/aromatic N) is 2. The highest BCUT2D eigenvalue weighted by atomic mass is 16.7. The van der Waals surface area contributed by atoms with Crippen LogP contribution in [0.3, 0.4) is 0 Å². The summed E-state index contributed by atoms with van der Waals surface area (Å²) in [5.41, 5.74) is 1.89. The van der Waals surface area contributed by atoms with Crippen molar-refractivity contribution < 1.29 is 9.31 Å². The van der Waals surface area contributed by atoms with Crippen molar-refractivity contribution in [1.29, 1.82) is 0 Å². The first-order chi connectivity index (χ1) is 11.7. The van der Waals surface area contributed by atoms with Crippen molar-refractivity contribution in [3.63, 3.8) is 0 Å². The number of rotatable bonds is 4. The Morgan fingerprint density at radius 3 is 1.92 bits per heavy atom. The molecule has 0 N–H and O–H groups in total. The average molecular weight is 344 g/mol. The summed E-state index contributed by atoms with van der Waals surface area (Å²) in [6.07, 6.45) is 0. The largest absolute Gasteiger partial charge is 0.494 e. The fraction of sp³-hybridized carbons (Fsp3) is 0.700. The summed E-state index contributed by atoms with van der Waals surface area (Å²) < 4.78 is 12.3. The van der Waals surface area contributed by atoms with Gasteiger partial charge in [0.25, 0.3) is 0 Å². The van der Waals surface area contributed by atoms with Gasteiger partial charge in [-0.2, -0.15) is 0 Å². The van der Waals surface area contributed by atoms with Crippen LogP contribution >= 0.6 is 0 Å². The molecule has 0 amide bonds. The van der Waals surface area contributed by atoms with Crippen molar-refractivity contribution in [2.75, 3.05) is 26.2 Å². The van der Waals surface area contributed by atoms with Crippen LogP contribution in [-0.4, -0.2) is 60.3 Å². The predicted octanol–water partition coefficient (Wildman–Crippen LogP) is 2.51. The molecule has 3 rings (SSSR count). The average Bonchev–Trinajstić information content (AvgIpc) is 2.76. The van der Waals surface area contributed by atoms with Crippen LogP contribution in [-0.2, 0) is 15.9 Å². The van der Waals surface area contributed by atoms with Crippen LogP contribution in [0.5, 0.6) is 0 Å². The van der Waals surface area contributed by atoms with Crippen LogP contribution in [0, 0.1) is 0 Å². The molecule has 0 aromatic heterocycles. The van der Waals surface area contributed by atoms with E-state index in [1.807, 2.05) is 0 Å². The lowest BCUT2D eigenvalue weighted by Crippen LogP contribution is -2.48. The zero-order chi connectivity index (χ0) is 18.2. The zero-order valence-electron chi connectivity index (χ0n) is 16.7. The van der Waals surface area contributed by atoms with Gasteiger partial charge in [0, 0.05) is 38.8 Å². The van der Waals surface area contributed by atoms with E-state index < -0.39 is 0 Å². The van der Waals surface area contributed by atoms with E-state index in [2.05, 4.69) is 75.6 Å². The second-order valence-electron chi connectivity index (χ2n) is 8.74. The van der Waals surface area contributed by atoms with Gasteiger partial charge in [-0.1, -0.05) is 24.3 Å². The molecule has 5 heteroatoms. The molecule has 4 nitrogen and oxygen atoms in total. The molecule has 2 heterocycles. The molecule has 138 valence electrons. The number of hydrogen-bond acceptors (Lipinski definition) is 4. The summed E-state index contributed by atoms with van der Waals surface area (Å²) in [5, 5.41) is 0. The lowest BCUT2D eigenvalue weighted by Gasteiger charge is -2.36. The topological polar surface area (TPSA) is 24.9 Å². The Morgan fingerprint density at radius 1 is 0.920 bits per heavy atom. The van der Waals surface area contributed by atoms with Crippen LogP contribution in [0.15, 0.2) is 24.3 Å². The number of benzene rings is 1. The van der Waals surface area contributed by atoms with Gasteiger partial charge in [-0.15, -0.1) is 0 Å². The molecule has 25 heavy (non-hydrogen) atoms. The van der Waals surface area contributed by atoms with Gasteiger partial charge in [-0.05, 0) is 52.6 Å². The monoisotopic (exact) mass is 344 g/mol. The predicted molar refractivity (Wildman–Crippen MR) is 104 cm³/mol. The maximum atomic E-state index is 6.14. The molecule has 0 radical (unpaired) electrons. The highest BCUT2D eigenvalue weighted by molar-refractivity contribution is 6.62. The van der Waals surface area contributed by atoms with Crippen molar-refractivity contribution >= 4 is 12.6 Å². The minimum atomic E-state index is -0.285. The summed E-state index contributed by atoms with van der Waals surface area (Å²) in [7, 11) is -0.270. The fourth-order valence-electron chi connectivity index (χ4n) is 3.46. The summed E-state index contributed by atoms with van der Waals surface area (Å²) in [5.74, 6) is 0. The first-order valence-corrected chi connectivity index (χ1v) is 9.59. The maximum absolute atomic E-state index is 6.14. The molecule has 2 fully saturated rings. The summed E-state index contributed by atoms with van der Waals surface area (Å²) in [4.78, 5) is 5.10. The number of piperazine rings is 1. The molecule has 0 spiro atoms. The summed E-state index contributed by atoms with van der Waals surface area (Å²) in [6, 6.07) is 9.40. The fourth-order valence-corrected chi connectivity index (χ4v) is 3.46. The first-order valence-electron chi connectivity index (χ1n) is 9.59. The van der Waals surface area contributed by atoms with Crippen LogP contribution in [0.2, 0.25) is 0 Å². The highest BCUT2D eigenvalue weighted by Crippen LogP contribution is 2.36. The third kappa shape index (κ3) is 4.11. The van der Waals surface area contributed by atoms with E-state index in [4.69, 9.17) is 9.31 Å². The standard InChI is InChI=1S/C20H33BN2O2/c1-16(2)23-13-11-22(12-14-23)15-17-7-9-18(10-8-17)21-24-19(3,4)20(5,6)25-21/h7-10,16H,11-15H2,1-6H3. The molecular weight excluding hydrogens is 311 g/mol. The van der Waals surface area contributed by atoms with Gasteiger partial charge in [0.15, 0.2) is 0 Å². The lowest BCUT2D eigenvalue weighted by atomic mass is 9.79. The van der Waals surface area contributed by atoms with Crippen LogP contribution in [0.25, 0.3) is 0 Å². The van der Waals surface area contributed by atoms with E-state index in [1.54, 1.807) is 0 Å². The number of hydrogen-bond donors (Lipinski definition) is 0. The molecule has 2 aliphatic heterocycles. The quantitative estimate of drug-likeness (QED) is 0.784. The zero-order valence-corrected chi connectivity index (χ0v) is 16.7. The third-order valence-electron chi connectivity index (χ3n) is 6.05. The van der Waals surface area contributed by atoms with Crippen molar-refractivity contribution in [2.45, 2.75) is 65.3 Å². The Kier molecular flexibility index (Phi) is 5.32. The van der Waals surface area contributed by atoms with Crippen molar-refractivity contribution in [3.8, 4) is 0 Å². The van der Waals surface area contributed by atoms with Gasteiger partial charge in [-0.3, -0.25) is 9.80 Å². The maximum Gasteiger partial charge on any atom is 0.494 e. The second kappa shape index (κ2) is 7.03. The minimum absolute atomic E-state index is 0.270. The smallest absolute Gasteiger partial charge is 0.399 e. The molecule has 0 aliphatic carbocycles. The minimum Gasteiger partial charge on any atom is -0.399 e. The Labute approximate surface area is 153 Å². The summed E-state index contributed by atoms with van der Waals surface area (Å²) >= 11 is 0. The van der Waals surface area contributed by atoms with Gasteiger partial charge in [-0.25, -0.2) is 0 Å². The van der Waals surface area contributed by atoms with E-state index in [-0.39, 0.29) is 18.3 Å². The Balaban J connectivity index is 1.57. The second-order valence-corrected chi connectivity index (χ2v) is 8.74. The molecule has 2 saturated heterocycles. The molecule has 0 saturated carbocycles. The van der Waals surface area contributed by atoms with E-state index in [0.717, 1.165) is 25.1 Å². The van der Waals surface area contributed by atoms with Crippen LogP contribution in [0.4, 0.5) is 0 Å². The van der Waals surface area contributed by atoms with E-state index in [0.29, 0.717) is 6.04 Å². The van der Waals surface area contributed by atoms with Gasteiger partial charge >= 0.3 is 7.12 Å².